The Morgan fingerprint density at radius 1 is 1.09 bits per heavy atom. The molecule has 2 aromatic rings. The minimum absolute atomic E-state index is 0.0966. The first-order valence-corrected chi connectivity index (χ1v) is 8.15. The molecule has 2 rings (SSSR count). The fourth-order valence-electron chi connectivity index (χ4n) is 2.64. The number of anilines is 1. The van der Waals surface area contributed by atoms with Gasteiger partial charge in [-0.3, -0.25) is 4.79 Å². The van der Waals surface area contributed by atoms with E-state index in [4.69, 9.17) is 0 Å². The molecule has 0 aliphatic carbocycles. The van der Waals surface area contributed by atoms with E-state index >= 15 is 0 Å². The van der Waals surface area contributed by atoms with E-state index in [1.165, 1.54) is 16.8 Å². The van der Waals surface area contributed by atoms with E-state index in [0.29, 0.717) is 13.0 Å². The molecule has 0 fully saturated rings. The second-order valence-electron chi connectivity index (χ2n) is 6.07. The molecule has 0 radical (unpaired) electrons. The lowest BCUT2D eigenvalue weighted by Gasteiger charge is -2.19. The molecule has 1 N–H and O–H groups in total. The Kier molecular flexibility index (Phi) is 6.21. The molecule has 0 atom stereocenters. The predicted molar refractivity (Wildman–Crippen MR) is 97.0 cm³/mol. The van der Waals surface area contributed by atoms with Gasteiger partial charge in [0.25, 0.3) is 0 Å². The molecule has 3 nitrogen and oxygen atoms in total. The Bertz CT molecular complexity index is 637. The van der Waals surface area contributed by atoms with Gasteiger partial charge in [0.2, 0.25) is 5.91 Å². The van der Waals surface area contributed by atoms with Gasteiger partial charge in [0, 0.05) is 25.8 Å². The zero-order valence-electron chi connectivity index (χ0n) is 14.3. The Morgan fingerprint density at radius 2 is 1.83 bits per heavy atom. The Hall–Kier alpha value is -2.29. The van der Waals surface area contributed by atoms with Crippen molar-refractivity contribution in [1.82, 2.24) is 5.32 Å². The van der Waals surface area contributed by atoms with E-state index in [0.717, 1.165) is 18.5 Å². The van der Waals surface area contributed by atoms with Crippen LogP contribution >= 0.6 is 0 Å². The lowest BCUT2D eigenvalue weighted by Crippen LogP contribution is -2.29. The maximum absolute atomic E-state index is 12.0. The van der Waals surface area contributed by atoms with Gasteiger partial charge in [-0.15, -0.1) is 0 Å². The number of carbonyl (C=O) groups is 1. The Balaban J connectivity index is 1.71. The molecule has 0 saturated carbocycles. The summed E-state index contributed by atoms with van der Waals surface area (Å²) in [5, 5.41) is 3.01. The number of amides is 1. The number of carbonyl (C=O) groups excluding carboxylic acids is 1. The van der Waals surface area contributed by atoms with Crippen molar-refractivity contribution in [3.05, 3.63) is 65.2 Å². The van der Waals surface area contributed by atoms with Crippen molar-refractivity contribution in [3.63, 3.8) is 0 Å². The molecule has 1 amide bonds. The molecule has 3 heteroatoms. The number of hydrogen-bond donors (Lipinski definition) is 1. The second-order valence-corrected chi connectivity index (χ2v) is 6.07. The summed E-state index contributed by atoms with van der Waals surface area (Å²) in [5.41, 5.74) is 4.73. The molecule has 0 aliphatic heterocycles. The smallest absolute Gasteiger partial charge is 0.224 e. The Labute approximate surface area is 139 Å². The fraction of sp³-hybridized carbons (Fsp3) is 0.350. The van der Waals surface area contributed by atoms with Crippen LogP contribution in [-0.4, -0.2) is 26.0 Å². The van der Waals surface area contributed by atoms with Crippen LogP contribution in [0.1, 0.15) is 23.1 Å². The normalized spacial score (nSPS) is 10.4. The van der Waals surface area contributed by atoms with E-state index in [2.05, 4.69) is 55.4 Å². The van der Waals surface area contributed by atoms with Crippen LogP contribution in [0.2, 0.25) is 0 Å². The molecule has 23 heavy (non-hydrogen) atoms. The van der Waals surface area contributed by atoms with Crippen molar-refractivity contribution in [1.29, 1.82) is 0 Å². The Morgan fingerprint density at radius 3 is 2.52 bits per heavy atom. The lowest BCUT2D eigenvalue weighted by atomic mass is 10.0. The molecule has 0 unspecified atom stereocenters. The van der Waals surface area contributed by atoms with Crippen LogP contribution in [0.4, 0.5) is 5.69 Å². The van der Waals surface area contributed by atoms with Crippen LogP contribution in [0.5, 0.6) is 0 Å². The summed E-state index contributed by atoms with van der Waals surface area (Å²) >= 11 is 0. The summed E-state index contributed by atoms with van der Waals surface area (Å²) in [6, 6.07) is 16.5. The van der Waals surface area contributed by atoms with Crippen molar-refractivity contribution in [2.75, 3.05) is 25.0 Å². The zero-order chi connectivity index (χ0) is 16.7. The van der Waals surface area contributed by atoms with E-state index in [-0.39, 0.29) is 5.91 Å². The third-order valence-corrected chi connectivity index (χ3v) is 4.04. The monoisotopic (exact) mass is 310 g/mol. The number of nitrogens with one attached hydrogen (secondary N) is 1. The zero-order valence-corrected chi connectivity index (χ0v) is 14.3. The first kappa shape index (κ1) is 17.1. The van der Waals surface area contributed by atoms with Crippen molar-refractivity contribution >= 4 is 11.6 Å². The predicted octanol–water partition coefficient (Wildman–Crippen LogP) is 3.49. The topological polar surface area (TPSA) is 32.3 Å². The highest BCUT2D eigenvalue weighted by Crippen LogP contribution is 2.12. The average molecular weight is 310 g/mol. The van der Waals surface area contributed by atoms with Gasteiger partial charge in [0.05, 0.1) is 6.42 Å². The number of rotatable bonds is 7. The molecule has 0 aliphatic rings. The molecule has 0 saturated heterocycles. The van der Waals surface area contributed by atoms with Crippen LogP contribution in [0, 0.1) is 13.8 Å². The van der Waals surface area contributed by atoms with Crippen LogP contribution in [0.25, 0.3) is 0 Å². The molecule has 0 bridgehead atoms. The highest BCUT2D eigenvalue weighted by Gasteiger charge is 2.06. The maximum Gasteiger partial charge on any atom is 0.224 e. The van der Waals surface area contributed by atoms with Crippen LogP contribution in [0.3, 0.4) is 0 Å². The van der Waals surface area contributed by atoms with Crippen molar-refractivity contribution in [2.45, 2.75) is 26.7 Å². The van der Waals surface area contributed by atoms with Gasteiger partial charge in [-0.2, -0.15) is 0 Å². The quantitative estimate of drug-likeness (QED) is 0.794. The molecular weight excluding hydrogens is 284 g/mol. The third kappa shape index (κ3) is 5.44. The van der Waals surface area contributed by atoms with Crippen LogP contribution in [-0.2, 0) is 11.2 Å². The SMILES string of the molecule is Cc1ccc(CC(=O)NCCCN(C)c2ccccc2)c(C)c1. The van der Waals surface area contributed by atoms with Crippen molar-refractivity contribution in [2.24, 2.45) is 0 Å². The van der Waals surface area contributed by atoms with E-state index < -0.39 is 0 Å². The summed E-state index contributed by atoms with van der Waals surface area (Å²) in [4.78, 5) is 14.2. The van der Waals surface area contributed by atoms with E-state index in [1.54, 1.807) is 0 Å². The average Bonchev–Trinajstić information content (AvgIpc) is 2.55. The van der Waals surface area contributed by atoms with Gasteiger partial charge >= 0.3 is 0 Å². The van der Waals surface area contributed by atoms with Crippen molar-refractivity contribution < 1.29 is 4.79 Å². The molecule has 122 valence electrons. The summed E-state index contributed by atoms with van der Waals surface area (Å²) < 4.78 is 0. The summed E-state index contributed by atoms with van der Waals surface area (Å²) in [6.45, 7) is 5.76. The molecule has 0 spiro atoms. The number of aryl methyl sites for hydroxylation is 2. The van der Waals surface area contributed by atoms with Gasteiger partial charge in [0.15, 0.2) is 0 Å². The van der Waals surface area contributed by atoms with Gasteiger partial charge < -0.3 is 10.2 Å². The first-order chi connectivity index (χ1) is 11.1. The first-order valence-electron chi connectivity index (χ1n) is 8.15. The lowest BCUT2D eigenvalue weighted by molar-refractivity contribution is -0.120. The highest BCUT2D eigenvalue weighted by atomic mass is 16.1. The minimum Gasteiger partial charge on any atom is -0.375 e. The van der Waals surface area contributed by atoms with E-state index in [9.17, 15) is 4.79 Å². The van der Waals surface area contributed by atoms with Gasteiger partial charge in [-0.05, 0) is 43.5 Å². The highest BCUT2D eigenvalue weighted by molar-refractivity contribution is 5.78. The van der Waals surface area contributed by atoms with Gasteiger partial charge in [-0.25, -0.2) is 0 Å². The number of benzene rings is 2. The van der Waals surface area contributed by atoms with Crippen molar-refractivity contribution in [3.8, 4) is 0 Å². The summed E-state index contributed by atoms with van der Waals surface area (Å²) in [7, 11) is 2.08. The van der Waals surface area contributed by atoms with Gasteiger partial charge in [0.1, 0.15) is 0 Å². The number of para-hydroxylation sites is 1. The summed E-state index contributed by atoms with van der Waals surface area (Å²) in [6.07, 6.45) is 1.39. The van der Waals surface area contributed by atoms with Gasteiger partial charge in [-0.1, -0.05) is 42.0 Å². The van der Waals surface area contributed by atoms with Crippen LogP contribution in [0.15, 0.2) is 48.5 Å². The maximum atomic E-state index is 12.0. The summed E-state index contributed by atoms with van der Waals surface area (Å²) in [5.74, 6) is 0.0966. The number of hydrogen-bond acceptors (Lipinski definition) is 2. The standard InChI is InChI=1S/C20H26N2O/c1-16-10-11-18(17(2)14-16)15-20(23)21-12-7-13-22(3)19-8-5-4-6-9-19/h4-6,8-11,14H,7,12-13,15H2,1-3H3,(H,21,23). The molecule has 0 aromatic heterocycles. The number of nitrogens with zero attached hydrogens (tertiary/aromatic N) is 1. The third-order valence-electron chi connectivity index (χ3n) is 4.04. The van der Waals surface area contributed by atoms with Crippen LogP contribution < -0.4 is 10.2 Å². The molecular formula is C20H26N2O. The molecule has 2 aromatic carbocycles. The van der Waals surface area contributed by atoms with E-state index in [1.807, 2.05) is 24.3 Å². The molecule has 0 heterocycles. The largest absolute Gasteiger partial charge is 0.375 e. The fourth-order valence-corrected chi connectivity index (χ4v) is 2.64. The second kappa shape index (κ2) is 8.37. The minimum atomic E-state index is 0.0966.